The quantitative estimate of drug-likeness (QED) is 0.928. The molecule has 0 aliphatic carbocycles. The van der Waals surface area contributed by atoms with Crippen molar-refractivity contribution in [3.8, 4) is 0 Å². The van der Waals surface area contributed by atoms with Gasteiger partial charge in [-0.2, -0.15) is 0 Å². The number of benzene rings is 1. The standard InChI is InChI=1S/C13H12BrNO2S/c1-15(12-6-11(14)8-18-12)7-9-2-4-10(5-3-9)13(16)17/h2-6,8H,7H2,1H3,(H,16,17). The molecule has 0 aliphatic rings. The number of carbonyl (C=O) groups is 1. The molecule has 0 amide bonds. The van der Waals surface area contributed by atoms with Crippen LogP contribution in [0.2, 0.25) is 0 Å². The maximum atomic E-state index is 10.7. The number of nitrogens with zero attached hydrogens (tertiary/aromatic N) is 1. The zero-order chi connectivity index (χ0) is 13.1. The van der Waals surface area contributed by atoms with Gasteiger partial charge in [0.1, 0.15) is 0 Å². The number of hydrogen-bond acceptors (Lipinski definition) is 3. The van der Waals surface area contributed by atoms with Crippen LogP contribution in [0.15, 0.2) is 40.2 Å². The number of carboxylic acids is 1. The van der Waals surface area contributed by atoms with E-state index in [9.17, 15) is 4.79 Å². The lowest BCUT2D eigenvalue weighted by Gasteiger charge is -2.16. The van der Waals surface area contributed by atoms with Gasteiger partial charge in [0, 0.05) is 23.4 Å². The van der Waals surface area contributed by atoms with Crippen molar-refractivity contribution < 1.29 is 9.90 Å². The Morgan fingerprint density at radius 1 is 1.39 bits per heavy atom. The van der Waals surface area contributed by atoms with Gasteiger partial charge in [-0.3, -0.25) is 0 Å². The average Bonchev–Trinajstić information content (AvgIpc) is 2.76. The highest BCUT2D eigenvalue weighted by Crippen LogP contribution is 2.28. The third kappa shape index (κ3) is 3.11. The van der Waals surface area contributed by atoms with Crippen LogP contribution in [-0.4, -0.2) is 18.1 Å². The van der Waals surface area contributed by atoms with Gasteiger partial charge in [0.2, 0.25) is 0 Å². The summed E-state index contributed by atoms with van der Waals surface area (Å²) in [5.74, 6) is -0.892. The number of hydrogen-bond donors (Lipinski definition) is 1. The van der Waals surface area contributed by atoms with E-state index in [-0.39, 0.29) is 0 Å². The summed E-state index contributed by atoms with van der Waals surface area (Å²) < 4.78 is 1.08. The van der Waals surface area contributed by atoms with E-state index in [1.54, 1.807) is 23.5 Å². The first-order chi connectivity index (χ1) is 8.56. The van der Waals surface area contributed by atoms with Gasteiger partial charge in [-0.15, -0.1) is 11.3 Å². The maximum Gasteiger partial charge on any atom is 0.335 e. The molecule has 0 bridgehead atoms. The van der Waals surface area contributed by atoms with Crippen molar-refractivity contribution in [1.29, 1.82) is 0 Å². The van der Waals surface area contributed by atoms with E-state index in [0.717, 1.165) is 16.6 Å². The Morgan fingerprint density at radius 2 is 2.06 bits per heavy atom. The number of carboxylic acid groups (broad SMARTS) is 1. The summed E-state index contributed by atoms with van der Waals surface area (Å²) in [5, 5.41) is 12.0. The summed E-state index contributed by atoms with van der Waals surface area (Å²) in [6.07, 6.45) is 0. The number of halogens is 1. The fourth-order valence-electron chi connectivity index (χ4n) is 1.61. The van der Waals surface area contributed by atoms with E-state index in [4.69, 9.17) is 5.11 Å². The second-order valence-corrected chi connectivity index (χ2v) is 5.77. The fourth-order valence-corrected chi connectivity index (χ4v) is 3.00. The predicted molar refractivity (Wildman–Crippen MR) is 77.5 cm³/mol. The van der Waals surface area contributed by atoms with Gasteiger partial charge in [-0.25, -0.2) is 4.79 Å². The summed E-state index contributed by atoms with van der Waals surface area (Å²) in [6, 6.07) is 9.03. The first-order valence-electron chi connectivity index (χ1n) is 5.33. The molecule has 0 spiro atoms. The second kappa shape index (κ2) is 5.54. The lowest BCUT2D eigenvalue weighted by atomic mass is 10.1. The Kier molecular flexibility index (Phi) is 4.04. The number of rotatable bonds is 4. The van der Waals surface area contributed by atoms with Gasteiger partial charge in [0.25, 0.3) is 0 Å². The molecule has 1 aromatic carbocycles. The fraction of sp³-hybridized carbons (Fsp3) is 0.154. The first kappa shape index (κ1) is 13.1. The number of aromatic carboxylic acids is 1. The topological polar surface area (TPSA) is 40.5 Å². The highest BCUT2D eigenvalue weighted by Gasteiger charge is 2.06. The molecule has 0 saturated heterocycles. The molecule has 0 unspecified atom stereocenters. The van der Waals surface area contributed by atoms with Crippen LogP contribution in [0.25, 0.3) is 0 Å². The molecule has 0 radical (unpaired) electrons. The Morgan fingerprint density at radius 3 is 2.56 bits per heavy atom. The second-order valence-electron chi connectivity index (χ2n) is 3.96. The third-order valence-corrected chi connectivity index (χ3v) is 4.35. The van der Waals surface area contributed by atoms with Crippen LogP contribution in [0.3, 0.4) is 0 Å². The first-order valence-corrected chi connectivity index (χ1v) is 7.01. The molecular formula is C13H12BrNO2S. The van der Waals surface area contributed by atoms with Crippen molar-refractivity contribution >= 4 is 38.2 Å². The van der Waals surface area contributed by atoms with Crippen LogP contribution in [0.5, 0.6) is 0 Å². The molecule has 2 aromatic rings. The largest absolute Gasteiger partial charge is 0.478 e. The minimum atomic E-state index is -0.892. The van der Waals surface area contributed by atoms with Crippen LogP contribution < -0.4 is 4.90 Å². The van der Waals surface area contributed by atoms with Crippen molar-refractivity contribution in [2.45, 2.75) is 6.54 Å². The molecule has 1 N–H and O–H groups in total. The molecular weight excluding hydrogens is 314 g/mol. The van der Waals surface area contributed by atoms with Gasteiger partial charge >= 0.3 is 5.97 Å². The monoisotopic (exact) mass is 325 g/mol. The molecule has 0 atom stereocenters. The molecule has 0 fully saturated rings. The molecule has 18 heavy (non-hydrogen) atoms. The van der Waals surface area contributed by atoms with Gasteiger partial charge < -0.3 is 10.0 Å². The molecule has 3 nitrogen and oxygen atoms in total. The van der Waals surface area contributed by atoms with Crippen molar-refractivity contribution in [1.82, 2.24) is 0 Å². The van der Waals surface area contributed by atoms with Gasteiger partial charge in [0.15, 0.2) is 0 Å². The van der Waals surface area contributed by atoms with Crippen LogP contribution in [0, 0.1) is 0 Å². The SMILES string of the molecule is CN(Cc1ccc(C(=O)O)cc1)c1cc(Br)cs1. The Labute approximate surface area is 118 Å². The Bertz CT molecular complexity index is 550. The molecule has 1 heterocycles. The smallest absolute Gasteiger partial charge is 0.335 e. The predicted octanol–water partition coefficient (Wildman–Crippen LogP) is 3.85. The minimum absolute atomic E-state index is 0.320. The minimum Gasteiger partial charge on any atom is -0.478 e. The van der Waals surface area contributed by atoms with Crippen LogP contribution in [-0.2, 0) is 6.54 Å². The third-order valence-electron chi connectivity index (χ3n) is 2.55. The normalized spacial score (nSPS) is 10.3. The molecule has 0 saturated carbocycles. The summed E-state index contributed by atoms with van der Waals surface area (Å²) in [4.78, 5) is 12.9. The van der Waals surface area contributed by atoms with Crippen molar-refractivity contribution in [2.24, 2.45) is 0 Å². The average molecular weight is 326 g/mol. The Hall–Kier alpha value is -1.33. The van der Waals surface area contributed by atoms with Crippen LogP contribution in [0.1, 0.15) is 15.9 Å². The zero-order valence-electron chi connectivity index (χ0n) is 9.76. The maximum absolute atomic E-state index is 10.7. The number of anilines is 1. The van der Waals surface area contributed by atoms with Crippen molar-refractivity contribution in [2.75, 3.05) is 11.9 Å². The lowest BCUT2D eigenvalue weighted by Crippen LogP contribution is -2.15. The van der Waals surface area contributed by atoms with E-state index < -0.39 is 5.97 Å². The summed E-state index contributed by atoms with van der Waals surface area (Å²) >= 11 is 5.10. The van der Waals surface area contributed by atoms with E-state index in [0.29, 0.717) is 5.56 Å². The molecule has 0 aliphatic heterocycles. The highest BCUT2D eigenvalue weighted by atomic mass is 79.9. The lowest BCUT2D eigenvalue weighted by molar-refractivity contribution is 0.0697. The van der Waals surface area contributed by atoms with E-state index in [1.165, 1.54) is 5.00 Å². The van der Waals surface area contributed by atoms with E-state index in [2.05, 4.69) is 26.9 Å². The Balaban J connectivity index is 2.07. The van der Waals surface area contributed by atoms with Gasteiger partial charge in [-0.05, 0) is 39.7 Å². The molecule has 2 rings (SSSR count). The van der Waals surface area contributed by atoms with Crippen molar-refractivity contribution in [3.05, 3.63) is 51.3 Å². The van der Waals surface area contributed by atoms with E-state index >= 15 is 0 Å². The van der Waals surface area contributed by atoms with Gasteiger partial charge in [0.05, 0.1) is 10.6 Å². The van der Waals surface area contributed by atoms with Crippen LogP contribution >= 0.6 is 27.3 Å². The zero-order valence-corrected chi connectivity index (χ0v) is 12.2. The summed E-state index contributed by atoms with van der Waals surface area (Å²) in [5.41, 5.74) is 1.41. The van der Waals surface area contributed by atoms with Crippen molar-refractivity contribution in [3.63, 3.8) is 0 Å². The molecule has 1 aromatic heterocycles. The number of thiophene rings is 1. The molecule has 94 valence electrons. The molecule has 5 heteroatoms. The van der Waals surface area contributed by atoms with Gasteiger partial charge in [-0.1, -0.05) is 12.1 Å². The van der Waals surface area contributed by atoms with Crippen LogP contribution in [0.4, 0.5) is 5.00 Å². The van der Waals surface area contributed by atoms with E-state index in [1.807, 2.05) is 24.6 Å². The highest BCUT2D eigenvalue weighted by molar-refractivity contribution is 9.10. The summed E-state index contributed by atoms with van der Waals surface area (Å²) in [6.45, 7) is 0.757. The summed E-state index contributed by atoms with van der Waals surface area (Å²) in [7, 11) is 2.02.